The largest absolute Gasteiger partial charge is 0.310 e. The molecule has 0 aromatic heterocycles. The van der Waals surface area contributed by atoms with E-state index in [1.807, 2.05) is 0 Å². The Morgan fingerprint density at radius 2 is 1.79 bits per heavy atom. The Balaban J connectivity index is 2.08. The van der Waals surface area contributed by atoms with Crippen molar-refractivity contribution in [2.75, 3.05) is 19.6 Å². The maximum Gasteiger partial charge on any atom is 0.0303 e. The van der Waals surface area contributed by atoms with Crippen LogP contribution in [0.1, 0.15) is 72.1 Å². The molecule has 1 aliphatic carbocycles. The lowest BCUT2D eigenvalue weighted by Gasteiger charge is -2.43. The highest BCUT2D eigenvalue weighted by Crippen LogP contribution is 2.33. The first kappa shape index (κ1) is 15.3. The van der Waals surface area contributed by atoms with Crippen molar-refractivity contribution in [1.29, 1.82) is 0 Å². The molecule has 0 spiro atoms. The molecule has 2 rings (SSSR count). The highest BCUT2D eigenvalue weighted by atomic mass is 15.2. The first-order chi connectivity index (χ1) is 9.24. The lowest BCUT2D eigenvalue weighted by Crippen LogP contribution is -2.54. The van der Waals surface area contributed by atoms with E-state index in [1.165, 1.54) is 71.0 Å². The smallest absolute Gasteiger partial charge is 0.0303 e. The number of rotatable bonds is 4. The summed E-state index contributed by atoms with van der Waals surface area (Å²) in [5.41, 5.74) is 0.381. The second kappa shape index (κ2) is 7.08. The van der Waals surface area contributed by atoms with E-state index >= 15 is 0 Å². The van der Waals surface area contributed by atoms with Crippen molar-refractivity contribution in [2.45, 2.75) is 83.7 Å². The van der Waals surface area contributed by atoms with E-state index in [4.69, 9.17) is 0 Å². The van der Waals surface area contributed by atoms with Gasteiger partial charge >= 0.3 is 0 Å². The molecule has 2 nitrogen and oxygen atoms in total. The summed E-state index contributed by atoms with van der Waals surface area (Å²) in [5.74, 6) is 0.957. The van der Waals surface area contributed by atoms with Gasteiger partial charge in [0, 0.05) is 18.1 Å². The van der Waals surface area contributed by atoms with Crippen LogP contribution in [0.25, 0.3) is 0 Å². The molecular weight excluding hydrogens is 232 g/mol. The van der Waals surface area contributed by atoms with E-state index in [0.29, 0.717) is 5.54 Å². The zero-order valence-electron chi connectivity index (χ0n) is 13.4. The molecule has 1 aliphatic heterocycles. The minimum atomic E-state index is 0.381. The molecule has 0 aromatic rings. The summed E-state index contributed by atoms with van der Waals surface area (Å²) in [6.45, 7) is 10.9. The molecule has 19 heavy (non-hydrogen) atoms. The fraction of sp³-hybridized carbons (Fsp3) is 1.00. The molecular formula is C17H34N2. The van der Waals surface area contributed by atoms with Gasteiger partial charge in [0.25, 0.3) is 0 Å². The van der Waals surface area contributed by atoms with Gasteiger partial charge in [0.05, 0.1) is 0 Å². The van der Waals surface area contributed by atoms with Crippen molar-refractivity contribution in [3.63, 3.8) is 0 Å². The van der Waals surface area contributed by atoms with Gasteiger partial charge in [-0.1, -0.05) is 40.0 Å². The first-order valence-corrected chi connectivity index (χ1v) is 8.73. The SMILES string of the molecule is CCC1CCCCC1N1CCCNC(CC)(CC)C1. The van der Waals surface area contributed by atoms with Crippen LogP contribution in [0.2, 0.25) is 0 Å². The summed E-state index contributed by atoms with van der Waals surface area (Å²) in [6.07, 6.45) is 11.1. The van der Waals surface area contributed by atoms with Crippen LogP contribution in [0.4, 0.5) is 0 Å². The monoisotopic (exact) mass is 266 g/mol. The Bertz CT molecular complexity index is 260. The highest BCUT2D eigenvalue weighted by molar-refractivity contribution is 4.94. The lowest BCUT2D eigenvalue weighted by atomic mass is 9.81. The Hall–Kier alpha value is -0.0800. The van der Waals surface area contributed by atoms with Gasteiger partial charge in [0.1, 0.15) is 0 Å². The topological polar surface area (TPSA) is 15.3 Å². The quantitative estimate of drug-likeness (QED) is 0.832. The van der Waals surface area contributed by atoms with Gasteiger partial charge in [0.15, 0.2) is 0 Å². The Labute approximate surface area is 120 Å². The summed E-state index contributed by atoms with van der Waals surface area (Å²) in [5, 5.41) is 3.85. The van der Waals surface area contributed by atoms with Crippen LogP contribution in [-0.4, -0.2) is 36.1 Å². The van der Waals surface area contributed by atoms with Gasteiger partial charge in [-0.3, -0.25) is 4.90 Å². The summed E-state index contributed by atoms with van der Waals surface area (Å²) < 4.78 is 0. The van der Waals surface area contributed by atoms with Gasteiger partial charge in [-0.25, -0.2) is 0 Å². The van der Waals surface area contributed by atoms with Crippen molar-refractivity contribution in [2.24, 2.45) is 5.92 Å². The van der Waals surface area contributed by atoms with Gasteiger partial charge in [-0.15, -0.1) is 0 Å². The van der Waals surface area contributed by atoms with Crippen LogP contribution in [-0.2, 0) is 0 Å². The molecule has 0 bridgehead atoms. The second-order valence-electron chi connectivity index (χ2n) is 6.76. The van der Waals surface area contributed by atoms with Crippen molar-refractivity contribution >= 4 is 0 Å². The molecule has 2 unspecified atom stereocenters. The zero-order chi connectivity index (χ0) is 13.7. The number of nitrogens with zero attached hydrogens (tertiary/aromatic N) is 1. The van der Waals surface area contributed by atoms with Crippen LogP contribution in [0, 0.1) is 5.92 Å². The van der Waals surface area contributed by atoms with Crippen molar-refractivity contribution in [3.05, 3.63) is 0 Å². The molecule has 1 saturated carbocycles. The molecule has 2 fully saturated rings. The molecule has 0 amide bonds. The fourth-order valence-corrected chi connectivity index (χ4v) is 4.31. The second-order valence-corrected chi connectivity index (χ2v) is 6.76. The molecule has 1 heterocycles. The Morgan fingerprint density at radius 3 is 2.47 bits per heavy atom. The maximum atomic E-state index is 3.85. The van der Waals surface area contributed by atoms with Crippen LogP contribution >= 0.6 is 0 Å². The third kappa shape index (κ3) is 3.52. The van der Waals surface area contributed by atoms with Crippen LogP contribution in [0.15, 0.2) is 0 Å². The predicted molar refractivity (Wildman–Crippen MR) is 83.5 cm³/mol. The zero-order valence-corrected chi connectivity index (χ0v) is 13.4. The highest BCUT2D eigenvalue weighted by Gasteiger charge is 2.36. The molecule has 112 valence electrons. The standard InChI is InChI=1S/C17H34N2/c1-4-15-10-7-8-11-16(15)19-13-9-12-18-17(5-2,6-3)14-19/h15-16,18H,4-14H2,1-3H3. The van der Waals surface area contributed by atoms with Crippen LogP contribution < -0.4 is 5.32 Å². The van der Waals surface area contributed by atoms with Crippen LogP contribution in [0.5, 0.6) is 0 Å². The van der Waals surface area contributed by atoms with Gasteiger partial charge in [-0.05, 0) is 51.1 Å². The first-order valence-electron chi connectivity index (χ1n) is 8.73. The third-order valence-corrected chi connectivity index (χ3v) is 5.84. The lowest BCUT2D eigenvalue weighted by molar-refractivity contribution is 0.0786. The van der Waals surface area contributed by atoms with E-state index in [1.54, 1.807) is 0 Å². The molecule has 2 aliphatic rings. The van der Waals surface area contributed by atoms with Crippen molar-refractivity contribution < 1.29 is 0 Å². The summed E-state index contributed by atoms with van der Waals surface area (Å²) in [4.78, 5) is 2.86. The van der Waals surface area contributed by atoms with Gasteiger partial charge in [-0.2, -0.15) is 0 Å². The predicted octanol–water partition coefficient (Wildman–Crippen LogP) is 3.81. The molecule has 0 aromatic carbocycles. The van der Waals surface area contributed by atoms with Crippen molar-refractivity contribution in [3.8, 4) is 0 Å². The van der Waals surface area contributed by atoms with E-state index < -0.39 is 0 Å². The molecule has 0 radical (unpaired) electrons. The van der Waals surface area contributed by atoms with Crippen molar-refractivity contribution in [1.82, 2.24) is 10.2 Å². The molecule has 1 saturated heterocycles. The average molecular weight is 266 g/mol. The summed E-state index contributed by atoms with van der Waals surface area (Å²) >= 11 is 0. The van der Waals surface area contributed by atoms with Gasteiger partial charge < -0.3 is 5.32 Å². The normalized spacial score (nSPS) is 33.0. The van der Waals surface area contributed by atoms with E-state index in [9.17, 15) is 0 Å². The molecule has 2 atom stereocenters. The summed E-state index contributed by atoms with van der Waals surface area (Å²) in [6, 6.07) is 0.871. The number of hydrogen-bond donors (Lipinski definition) is 1. The Morgan fingerprint density at radius 1 is 1.05 bits per heavy atom. The Kier molecular flexibility index (Phi) is 5.70. The minimum absolute atomic E-state index is 0.381. The minimum Gasteiger partial charge on any atom is -0.310 e. The van der Waals surface area contributed by atoms with Gasteiger partial charge in [0.2, 0.25) is 0 Å². The maximum absolute atomic E-state index is 3.85. The van der Waals surface area contributed by atoms with Crippen LogP contribution in [0.3, 0.4) is 0 Å². The van der Waals surface area contributed by atoms with E-state index in [2.05, 4.69) is 31.0 Å². The van der Waals surface area contributed by atoms with E-state index in [0.717, 1.165) is 12.0 Å². The fourth-order valence-electron chi connectivity index (χ4n) is 4.31. The third-order valence-electron chi connectivity index (χ3n) is 5.84. The van der Waals surface area contributed by atoms with E-state index in [-0.39, 0.29) is 0 Å². The molecule has 1 N–H and O–H groups in total. The molecule has 2 heteroatoms. The number of nitrogens with one attached hydrogen (secondary N) is 1. The number of hydrogen-bond acceptors (Lipinski definition) is 2. The average Bonchev–Trinajstić information content (AvgIpc) is 2.70. The summed E-state index contributed by atoms with van der Waals surface area (Å²) in [7, 11) is 0.